The van der Waals surface area contributed by atoms with Gasteiger partial charge in [-0.1, -0.05) is 0 Å². The number of nitrogens with zero attached hydrogens (tertiary/aromatic N) is 9. The molecule has 0 unspecified atom stereocenters. The first kappa shape index (κ1) is 12.0. The van der Waals surface area contributed by atoms with E-state index >= 15 is 0 Å². The third kappa shape index (κ3) is 2.53. The highest BCUT2D eigenvalue weighted by molar-refractivity contribution is 7.99. The van der Waals surface area contributed by atoms with E-state index in [4.69, 9.17) is 11.6 Å². The molecule has 0 bridgehead atoms. The van der Waals surface area contributed by atoms with Gasteiger partial charge in [0.15, 0.2) is 0 Å². The van der Waals surface area contributed by atoms with Gasteiger partial charge in [0.05, 0.1) is 0 Å². The first-order chi connectivity index (χ1) is 9.22. The van der Waals surface area contributed by atoms with Crippen LogP contribution in [0.15, 0.2) is 28.8 Å². The lowest BCUT2D eigenvalue weighted by Crippen LogP contribution is -2.05. The fourth-order valence-corrected chi connectivity index (χ4v) is 2.12. The van der Waals surface area contributed by atoms with Crippen molar-refractivity contribution in [3.05, 3.63) is 23.7 Å². The zero-order valence-electron chi connectivity index (χ0n) is 9.54. The van der Waals surface area contributed by atoms with Crippen LogP contribution in [0.3, 0.4) is 0 Å². The van der Waals surface area contributed by atoms with Crippen LogP contribution in [-0.4, -0.2) is 44.9 Å². The molecule has 0 aromatic carbocycles. The molecule has 19 heavy (non-hydrogen) atoms. The second-order valence-electron chi connectivity index (χ2n) is 3.32. The highest BCUT2D eigenvalue weighted by atomic mass is 35.5. The maximum absolute atomic E-state index is 5.87. The molecule has 3 aromatic heterocycles. The third-order valence-electron chi connectivity index (χ3n) is 2.05. The van der Waals surface area contributed by atoms with Gasteiger partial charge in [-0.3, -0.25) is 0 Å². The highest BCUT2D eigenvalue weighted by Crippen LogP contribution is 2.22. The average Bonchev–Trinajstić information content (AvgIpc) is 3.01. The number of hydrogen-bond donors (Lipinski definition) is 0. The zero-order chi connectivity index (χ0) is 13.2. The number of aromatic nitrogens is 9. The van der Waals surface area contributed by atoms with Crippen LogP contribution in [-0.2, 0) is 7.05 Å². The van der Waals surface area contributed by atoms with Gasteiger partial charge in [0.25, 0.3) is 5.95 Å². The van der Waals surface area contributed by atoms with E-state index < -0.39 is 0 Å². The summed E-state index contributed by atoms with van der Waals surface area (Å²) in [4.78, 5) is 12.3. The summed E-state index contributed by atoms with van der Waals surface area (Å²) in [7, 11) is 1.72. The Hall–Kier alpha value is -2.07. The van der Waals surface area contributed by atoms with Gasteiger partial charge in [0, 0.05) is 19.4 Å². The number of hydrogen-bond acceptors (Lipinski definition) is 8. The molecule has 0 fully saturated rings. The Kier molecular flexibility index (Phi) is 3.09. The Bertz CT molecular complexity index is 694. The third-order valence-corrected chi connectivity index (χ3v) is 3.11. The van der Waals surface area contributed by atoms with Crippen molar-refractivity contribution >= 4 is 23.4 Å². The smallest absolute Gasteiger partial charge is 0.223 e. The van der Waals surface area contributed by atoms with Crippen LogP contribution in [0.4, 0.5) is 0 Å². The summed E-state index contributed by atoms with van der Waals surface area (Å²) >= 11 is 7.06. The Morgan fingerprint density at radius 1 is 1.26 bits per heavy atom. The van der Waals surface area contributed by atoms with E-state index in [1.165, 1.54) is 21.1 Å². The van der Waals surface area contributed by atoms with Crippen LogP contribution in [0.2, 0.25) is 5.28 Å². The maximum atomic E-state index is 5.87. The minimum Gasteiger partial charge on any atom is -0.223 e. The van der Waals surface area contributed by atoms with Crippen molar-refractivity contribution in [1.29, 1.82) is 0 Å². The van der Waals surface area contributed by atoms with Gasteiger partial charge in [-0.25, -0.2) is 9.36 Å². The molecular formula is C8H6ClN9S. The van der Waals surface area contributed by atoms with Crippen molar-refractivity contribution in [2.45, 2.75) is 10.3 Å². The molecule has 3 aromatic rings. The van der Waals surface area contributed by atoms with E-state index in [0.29, 0.717) is 16.3 Å². The summed E-state index contributed by atoms with van der Waals surface area (Å²) in [6.07, 6.45) is 3.33. The van der Waals surface area contributed by atoms with E-state index in [0.717, 1.165) is 0 Å². The van der Waals surface area contributed by atoms with Crippen LogP contribution < -0.4 is 0 Å². The fourth-order valence-electron chi connectivity index (χ4n) is 1.25. The predicted molar refractivity (Wildman–Crippen MR) is 64.9 cm³/mol. The van der Waals surface area contributed by atoms with E-state index in [-0.39, 0.29) is 5.28 Å². The molecule has 9 nitrogen and oxygen atoms in total. The molecule has 0 saturated heterocycles. The van der Waals surface area contributed by atoms with Gasteiger partial charge in [-0.15, -0.1) is 5.10 Å². The lowest BCUT2D eigenvalue weighted by atomic mass is 10.7. The Balaban J connectivity index is 1.96. The number of halogens is 1. The monoisotopic (exact) mass is 295 g/mol. The standard InChI is InChI=1S/C8H6ClN9S/c1-17-8(14-15-16-17)19-7-12-5(9)11-6(13-7)18-4-2-3-10-18/h2-4H,1H3. The molecule has 0 N–H and O–H groups in total. The Morgan fingerprint density at radius 3 is 2.84 bits per heavy atom. The lowest BCUT2D eigenvalue weighted by Gasteiger charge is -2.02. The van der Waals surface area contributed by atoms with Crippen molar-refractivity contribution in [1.82, 2.24) is 44.9 Å². The second kappa shape index (κ2) is 4.90. The summed E-state index contributed by atoms with van der Waals surface area (Å²) in [5, 5.41) is 16.1. The van der Waals surface area contributed by atoms with Crippen molar-refractivity contribution in [2.75, 3.05) is 0 Å². The molecule has 3 heterocycles. The summed E-state index contributed by atoms with van der Waals surface area (Å²) < 4.78 is 3.00. The van der Waals surface area contributed by atoms with E-state index in [2.05, 4.69) is 35.6 Å². The minimum absolute atomic E-state index is 0.0816. The average molecular weight is 296 g/mol. The van der Waals surface area contributed by atoms with Crippen molar-refractivity contribution in [3.8, 4) is 5.95 Å². The van der Waals surface area contributed by atoms with Crippen LogP contribution in [0.1, 0.15) is 0 Å². The Labute approximate surface area is 116 Å². The second-order valence-corrected chi connectivity index (χ2v) is 4.60. The van der Waals surface area contributed by atoms with Crippen LogP contribution >= 0.6 is 23.4 Å². The molecule has 0 spiro atoms. The normalized spacial score (nSPS) is 10.8. The SMILES string of the molecule is Cn1nnnc1Sc1nc(Cl)nc(-n2cccn2)n1. The molecule has 0 radical (unpaired) electrons. The molecule has 0 saturated carbocycles. The summed E-state index contributed by atoms with van der Waals surface area (Å²) in [5.41, 5.74) is 0. The molecular weight excluding hydrogens is 290 g/mol. The molecule has 0 aliphatic carbocycles. The number of aryl methyl sites for hydroxylation is 1. The quantitative estimate of drug-likeness (QED) is 0.684. The topological polar surface area (TPSA) is 100 Å². The molecule has 0 aliphatic rings. The first-order valence-corrected chi connectivity index (χ1v) is 6.23. The molecule has 3 rings (SSSR count). The highest BCUT2D eigenvalue weighted by Gasteiger charge is 2.11. The summed E-state index contributed by atoms with van der Waals surface area (Å²) in [6.45, 7) is 0. The molecule has 11 heteroatoms. The minimum atomic E-state index is 0.0816. The van der Waals surface area contributed by atoms with Crippen LogP contribution in [0.5, 0.6) is 0 Å². The number of rotatable bonds is 3. The van der Waals surface area contributed by atoms with E-state index in [1.54, 1.807) is 25.5 Å². The van der Waals surface area contributed by atoms with E-state index in [9.17, 15) is 0 Å². The van der Waals surface area contributed by atoms with Crippen LogP contribution in [0.25, 0.3) is 5.95 Å². The van der Waals surface area contributed by atoms with Crippen molar-refractivity contribution in [2.24, 2.45) is 7.05 Å². The number of tetrazole rings is 1. The van der Waals surface area contributed by atoms with Gasteiger partial charge in [-0.05, 0) is 39.9 Å². The maximum Gasteiger partial charge on any atom is 0.255 e. The lowest BCUT2D eigenvalue weighted by molar-refractivity contribution is 0.663. The van der Waals surface area contributed by atoms with Crippen molar-refractivity contribution < 1.29 is 0 Å². The fraction of sp³-hybridized carbons (Fsp3) is 0.125. The molecule has 96 valence electrons. The molecule has 0 aliphatic heterocycles. The molecule has 0 amide bonds. The van der Waals surface area contributed by atoms with Gasteiger partial charge < -0.3 is 0 Å². The largest absolute Gasteiger partial charge is 0.255 e. The first-order valence-electron chi connectivity index (χ1n) is 5.04. The predicted octanol–water partition coefficient (Wildman–Crippen LogP) is 0.385. The van der Waals surface area contributed by atoms with E-state index in [1.807, 2.05) is 0 Å². The van der Waals surface area contributed by atoms with Gasteiger partial charge in [-0.2, -0.15) is 20.1 Å². The summed E-state index contributed by atoms with van der Waals surface area (Å²) in [6, 6.07) is 1.76. The van der Waals surface area contributed by atoms with Gasteiger partial charge in [0.2, 0.25) is 15.6 Å². The van der Waals surface area contributed by atoms with Crippen LogP contribution in [0, 0.1) is 0 Å². The van der Waals surface area contributed by atoms with Gasteiger partial charge in [0.1, 0.15) is 0 Å². The summed E-state index contributed by atoms with van der Waals surface area (Å²) in [5.74, 6) is 0.336. The van der Waals surface area contributed by atoms with Crippen molar-refractivity contribution in [3.63, 3.8) is 0 Å². The molecule has 0 atom stereocenters. The van der Waals surface area contributed by atoms with Gasteiger partial charge >= 0.3 is 0 Å². The Morgan fingerprint density at radius 2 is 2.16 bits per heavy atom. The zero-order valence-corrected chi connectivity index (χ0v) is 11.1.